The first-order valence-electron chi connectivity index (χ1n) is 7.44. The van der Waals surface area contributed by atoms with Gasteiger partial charge in [-0.1, -0.05) is 12.1 Å². The van der Waals surface area contributed by atoms with Crippen LogP contribution in [-0.4, -0.2) is 35.2 Å². The van der Waals surface area contributed by atoms with Crippen molar-refractivity contribution in [3.63, 3.8) is 0 Å². The standard InChI is InChI=1S/C16H20FN3OS/c1-11-7-20(8-12(2)21-11)9-13-10-22-16(18-13)19-15-6-4-3-5-14(15)17/h3-6,10-12H,7-9H2,1-2H3,(H,18,19). The predicted octanol–water partition coefficient (Wildman–Crippen LogP) is 3.64. The molecule has 1 aromatic carbocycles. The highest BCUT2D eigenvalue weighted by molar-refractivity contribution is 7.13. The molecule has 3 rings (SSSR count). The molecular formula is C16H20FN3OS. The summed E-state index contributed by atoms with van der Waals surface area (Å²) >= 11 is 1.50. The number of morpholine rings is 1. The second-order valence-electron chi connectivity index (χ2n) is 5.70. The van der Waals surface area contributed by atoms with Gasteiger partial charge < -0.3 is 10.1 Å². The Labute approximate surface area is 133 Å². The molecule has 1 fully saturated rings. The zero-order chi connectivity index (χ0) is 15.5. The lowest BCUT2D eigenvalue weighted by molar-refractivity contribution is -0.0707. The molecule has 2 heterocycles. The van der Waals surface area contributed by atoms with Crippen LogP contribution in [0.15, 0.2) is 29.6 Å². The minimum atomic E-state index is -0.268. The summed E-state index contributed by atoms with van der Waals surface area (Å²) in [4.78, 5) is 6.90. The molecule has 2 atom stereocenters. The number of thiazole rings is 1. The van der Waals surface area contributed by atoms with Crippen LogP contribution in [0.25, 0.3) is 0 Å². The van der Waals surface area contributed by atoms with Crippen molar-refractivity contribution >= 4 is 22.2 Å². The topological polar surface area (TPSA) is 37.4 Å². The number of para-hydroxylation sites is 1. The summed E-state index contributed by atoms with van der Waals surface area (Å²) < 4.78 is 19.4. The minimum absolute atomic E-state index is 0.249. The van der Waals surface area contributed by atoms with E-state index in [4.69, 9.17) is 4.74 Å². The first kappa shape index (κ1) is 15.4. The molecule has 1 aromatic heterocycles. The van der Waals surface area contributed by atoms with Gasteiger partial charge in [-0.2, -0.15) is 0 Å². The van der Waals surface area contributed by atoms with Crippen molar-refractivity contribution in [3.8, 4) is 0 Å². The monoisotopic (exact) mass is 321 g/mol. The number of anilines is 2. The number of rotatable bonds is 4. The van der Waals surface area contributed by atoms with E-state index in [1.165, 1.54) is 17.4 Å². The number of aromatic nitrogens is 1. The second kappa shape index (κ2) is 6.73. The number of halogens is 1. The van der Waals surface area contributed by atoms with Gasteiger partial charge in [-0.15, -0.1) is 11.3 Å². The Bertz CT molecular complexity index is 623. The van der Waals surface area contributed by atoms with Crippen LogP contribution in [0.5, 0.6) is 0 Å². The Kier molecular flexibility index (Phi) is 4.71. The summed E-state index contributed by atoms with van der Waals surface area (Å²) in [6, 6.07) is 6.63. The first-order valence-corrected chi connectivity index (χ1v) is 8.32. The molecule has 2 aromatic rings. The van der Waals surface area contributed by atoms with E-state index in [1.54, 1.807) is 18.2 Å². The van der Waals surface area contributed by atoms with Gasteiger partial charge in [0.2, 0.25) is 0 Å². The van der Waals surface area contributed by atoms with E-state index in [2.05, 4.69) is 29.0 Å². The average Bonchev–Trinajstić information content (AvgIpc) is 2.87. The van der Waals surface area contributed by atoms with Gasteiger partial charge in [0.05, 0.1) is 23.6 Å². The number of benzene rings is 1. The SMILES string of the molecule is CC1CN(Cc2csc(Nc3ccccc3F)n2)CC(C)O1. The van der Waals surface area contributed by atoms with Crippen molar-refractivity contribution in [1.29, 1.82) is 0 Å². The van der Waals surface area contributed by atoms with E-state index in [0.717, 1.165) is 30.5 Å². The number of hydrogen-bond donors (Lipinski definition) is 1. The number of ether oxygens (including phenoxy) is 1. The van der Waals surface area contributed by atoms with Crippen molar-refractivity contribution in [2.45, 2.75) is 32.6 Å². The van der Waals surface area contributed by atoms with E-state index in [1.807, 2.05) is 5.38 Å². The van der Waals surface area contributed by atoms with Gasteiger partial charge >= 0.3 is 0 Å². The van der Waals surface area contributed by atoms with Crippen molar-refractivity contribution < 1.29 is 9.13 Å². The Morgan fingerprint density at radius 1 is 1.32 bits per heavy atom. The van der Waals surface area contributed by atoms with Crippen molar-refractivity contribution in [2.75, 3.05) is 18.4 Å². The summed E-state index contributed by atoms with van der Waals surface area (Å²) in [5.41, 5.74) is 1.46. The van der Waals surface area contributed by atoms with Crippen LogP contribution >= 0.6 is 11.3 Å². The van der Waals surface area contributed by atoms with E-state index in [-0.39, 0.29) is 18.0 Å². The van der Waals surface area contributed by atoms with Gasteiger partial charge in [0.15, 0.2) is 5.13 Å². The maximum absolute atomic E-state index is 13.6. The Hall–Kier alpha value is -1.50. The van der Waals surface area contributed by atoms with Gasteiger partial charge in [0.1, 0.15) is 5.82 Å². The van der Waals surface area contributed by atoms with Gasteiger partial charge in [-0.25, -0.2) is 9.37 Å². The van der Waals surface area contributed by atoms with E-state index >= 15 is 0 Å². The fourth-order valence-corrected chi connectivity index (χ4v) is 3.47. The van der Waals surface area contributed by atoms with Gasteiger partial charge in [-0.3, -0.25) is 4.90 Å². The molecule has 118 valence electrons. The van der Waals surface area contributed by atoms with Gasteiger partial charge in [0.25, 0.3) is 0 Å². The summed E-state index contributed by atoms with van der Waals surface area (Å²) in [7, 11) is 0. The van der Waals surface area contributed by atoms with Crippen LogP contribution in [0.4, 0.5) is 15.2 Å². The molecule has 0 amide bonds. The van der Waals surface area contributed by atoms with Crippen LogP contribution in [0.2, 0.25) is 0 Å². The highest BCUT2D eigenvalue weighted by Crippen LogP contribution is 2.24. The molecule has 0 bridgehead atoms. The zero-order valence-corrected chi connectivity index (χ0v) is 13.6. The summed E-state index contributed by atoms with van der Waals surface area (Å²) in [6.07, 6.45) is 0.497. The van der Waals surface area contributed by atoms with Crippen molar-refractivity contribution in [1.82, 2.24) is 9.88 Å². The highest BCUT2D eigenvalue weighted by atomic mass is 32.1. The van der Waals surface area contributed by atoms with Crippen molar-refractivity contribution in [2.24, 2.45) is 0 Å². The second-order valence-corrected chi connectivity index (χ2v) is 6.56. The molecule has 0 spiro atoms. The molecular weight excluding hydrogens is 301 g/mol. The van der Waals surface area contributed by atoms with Gasteiger partial charge in [0, 0.05) is 25.0 Å². The van der Waals surface area contributed by atoms with Crippen LogP contribution in [-0.2, 0) is 11.3 Å². The van der Waals surface area contributed by atoms with E-state index in [9.17, 15) is 4.39 Å². The maximum atomic E-state index is 13.6. The number of hydrogen-bond acceptors (Lipinski definition) is 5. The van der Waals surface area contributed by atoms with Crippen LogP contribution in [0.1, 0.15) is 19.5 Å². The molecule has 0 aliphatic carbocycles. The third kappa shape index (κ3) is 3.82. The van der Waals surface area contributed by atoms with Crippen LogP contribution in [0, 0.1) is 5.82 Å². The molecule has 1 saturated heterocycles. The molecule has 0 radical (unpaired) electrons. The Balaban J connectivity index is 1.63. The summed E-state index contributed by atoms with van der Waals surface area (Å²) in [5, 5.41) is 5.78. The largest absolute Gasteiger partial charge is 0.373 e. The fraction of sp³-hybridized carbons (Fsp3) is 0.438. The minimum Gasteiger partial charge on any atom is -0.373 e. The Morgan fingerprint density at radius 3 is 2.77 bits per heavy atom. The quantitative estimate of drug-likeness (QED) is 0.933. The first-order chi connectivity index (χ1) is 10.6. The predicted molar refractivity (Wildman–Crippen MR) is 87.1 cm³/mol. The lowest BCUT2D eigenvalue weighted by atomic mass is 10.2. The smallest absolute Gasteiger partial charge is 0.187 e. The molecule has 0 saturated carbocycles. The summed E-state index contributed by atoms with van der Waals surface area (Å²) in [6.45, 7) is 6.81. The zero-order valence-electron chi connectivity index (χ0n) is 12.8. The molecule has 4 nitrogen and oxygen atoms in total. The van der Waals surface area contributed by atoms with Crippen LogP contribution in [0.3, 0.4) is 0 Å². The number of nitrogens with one attached hydrogen (secondary N) is 1. The average molecular weight is 321 g/mol. The molecule has 1 aliphatic heterocycles. The maximum Gasteiger partial charge on any atom is 0.187 e. The number of nitrogens with zero attached hydrogens (tertiary/aromatic N) is 2. The van der Waals surface area contributed by atoms with E-state index in [0.29, 0.717) is 5.69 Å². The lowest BCUT2D eigenvalue weighted by Crippen LogP contribution is -2.44. The normalized spacial score (nSPS) is 22.7. The molecule has 1 aliphatic rings. The Morgan fingerprint density at radius 2 is 2.05 bits per heavy atom. The highest BCUT2D eigenvalue weighted by Gasteiger charge is 2.22. The fourth-order valence-electron chi connectivity index (χ4n) is 2.76. The van der Waals surface area contributed by atoms with Crippen LogP contribution < -0.4 is 5.32 Å². The molecule has 1 N–H and O–H groups in total. The van der Waals surface area contributed by atoms with E-state index < -0.39 is 0 Å². The van der Waals surface area contributed by atoms with Gasteiger partial charge in [-0.05, 0) is 26.0 Å². The van der Waals surface area contributed by atoms with Crippen molar-refractivity contribution in [3.05, 3.63) is 41.2 Å². The lowest BCUT2D eigenvalue weighted by Gasteiger charge is -2.34. The third-order valence-corrected chi connectivity index (χ3v) is 4.35. The molecule has 22 heavy (non-hydrogen) atoms. The molecule has 2 unspecified atom stereocenters. The third-order valence-electron chi connectivity index (χ3n) is 3.55. The molecule has 6 heteroatoms. The summed E-state index contributed by atoms with van der Waals surface area (Å²) in [5.74, 6) is -0.268.